The molecular weight excluding hydrogens is 426 g/mol. The zero-order valence-corrected chi connectivity index (χ0v) is 20.1. The Labute approximate surface area is 201 Å². The van der Waals surface area contributed by atoms with Gasteiger partial charge in [-0.15, -0.1) is 0 Å². The average Bonchev–Trinajstić information content (AvgIpc) is 3.35. The molecule has 178 valence electrons. The van der Waals surface area contributed by atoms with Crippen LogP contribution in [0.25, 0.3) is 11.4 Å². The van der Waals surface area contributed by atoms with E-state index in [1.807, 2.05) is 30.3 Å². The summed E-state index contributed by atoms with van der Waals surface area (Å²) in [7, 11) is 0. The van der Waals surface area contributed by atoms with Crippen molar-refractivity contribution in [3.63, 3.8) is 0 Å². The lowest BCUT2D eigenvalue weighted by Crippen LogP contribution is -2.51. The lowest BCUT2D eigenvalue weighted by molar-refractivity contribution is -0.137. The predicted molar refractivity (Wildman–Crippen MR) is 132 cm³/mol. The summed E-state index contributed by atoms with van der Waals surface area (Å²) in [5, 5.41) is 4.12. The summed E-state index contributed by atoms with van der Waals surface area (Å²) in [6.45, 7) is 10.1. The molecule has 7 heteroatoms. The third-order valence-electron chi connectivity index (χ3n) is 7.09. The van der Waals surface area contributed by atoms with Crippen molar-refractivity contribution in [2.75, 3.05) is 44.2 Å². The van der Waals surface area contributed by atoms with Crippen LogP contribution < -0.4 is 4.90 Å². The Hall–Kier alpha value is -3.19. The molecule has 0 unspecified atom stereocenters. The minimum atomic E-state index is 0.117. The zero-order chi connectivity index (χ0) is 23.5. The number of carbonyl (C=O) groups is 1. The summed E-state index contributed by atoms with van der Waals surface area (Å²) in [5.74, 6) is 1.70. The number of aromatic nitrogens is 2. The van der Waals surface area contributed by atoms with Crippen molar-refractivity contribution in [3.8, 4) is 11.4 Å². The maximum atomic E-state index is 13.2. The first-order chi connectivity index (χ1) is 16.6. The summed E-state index contributed by atoms with van der Waals surface area (Å²) in [6.07, 6.45) is 1.77. The molecule has 0 saturated carbocycles. The Morgan fingerprint density at radius 2 is 1.71 bits per heavy atom. The highest BCUT2D eigenvalue weighted by Gasteiger charge is 2.31. The lowest BCUT2D eigenvalue weighted by atomic mass is 9.95. The second-order valence-electron chi connectivity index (χ2n) is 9.53. The fourth-order valence-electron chi connectivity index (χ4n) is 5.04. The highest BCUT2D eigenvalue weighted by Crippen LogP contribution is 2.25. The lowest BCUT2D eigenvalue weighted by Gasteiger charge is -2.39. The summed E-state index contributed by atoms with van der Waals surface area (Å²) < 4.78 is 5.47. The fraction of sp³-hybridized carbons (Fsp3) is 0.444. The molecular formula is C27H33N5O2. The molecule has 1 amide bonds. The first kappa shape index (κ1) is 22.6. The monoisotopic (exact) mass is 459 g/mol. The van der Waals surface area contributed by atoms with Gasteiger partial charge in [-0.25, -0.2) is 0 Å². The summed E-state index contributed by atoms with van der Waals surface area (Å²) in [4.78, 5) is 24.5. The topological polar surface area (TPSA) is 65.7 Å². The van der Waals surface area contributed by atoms with Gasteiger partial charge in [0.05, 0.1) is 6.54 Å². The van der Waals surface area contributed by atoms with Crippen LogP contribution in [0.5, 0.6) is 0 Å². The number of carbonyl (C=O) groups excluding carboxylic acids is 1. The van der Waals surface area contributed by atoms with E-state index in [2.05, 4.69) is 56.9 Å². The SMILES string of the molecule is Cc1ccc(C)c(N2CCN(C(=O)C3CCN(Cc4nc(-c5ccccc5)no4)CC3)CC2)c1. The van der Waals surface area contributed by atoms with Crippen LogP contribution in [0.2, 0.25) is 0 Å². The van der Waals surface area contributed by atoms with Crippen molar-refractivity contribution >= 4 is 11.6 Å². The number of aryl methyl sites for hydroxylation is 2. The number of hydrogen-bond acceptors (Lipinski definition) is 6. The van der Waals surface area contributed by atoms with E-state index in [1.165, 1.54) is 16.8 Å². The molecule has 0 radical (unpaired) electrons. The molecule has 2 aromatic carbocycles. The molecule has 7 nitrogen and oxygen atoms in total. The highest BCUT2D eigenvalue weighted by atomic mass is 16.5. The first-order valence-electron chi connectivity index (χ1n) is 12.3. The van der Waals surface area contributed by atoms with Gasteiger partial charge in [-0.3, -0.25) is 9.69 Å². The van der Waals surface area contributed by atoms with E-state index in [9.17, 15) is 4.79 Å². The minimum Gasteiger partial charge on any atom is -0.368 e. The van der Waals surface area contributed by atoms with E-state index in [0.717, 1.165) is 57.7 Å². The third kappa shape index (κ3) is 4.99. The fourth-order valence-corrected chi connectivity index (χ4v) is 5.04. The van der Waals surface area contributed by atoms with Gasteiger partial charge in [-0.1, -0.05) is 47.6 Å². The van der Waals surface area contributed by atoms with Crippen LogP contribution >= 0.6 is 0 Å². The molecule has 2 fully saturated rings. The van der Waals surface area contributed by atoms with Crippen LogP contribution in [0.15, 0.2) is 53.1 Å². The Balaban J connectivity index is 1.10. The standard InChI is InChI=1S/C27H33N5O2/c1-20-8-9-21(2)24(18-20)31-14-16-32(17-15-31)27(33)23-10-12-30(13-11-23)19-25-28-26(29-34-25)22-6-4-3-5-7-22/h3-9,18,23H,10-17,19H2,1-2H3. The zero-order valence-electron chi connectivity index (χ0n) is 20.1. The van der Waals surface area contributed by atoms with E-state index in [-0.39, 0.29) is 5.92 Å². The van der Waals surface area contributed by atoms with Crippen molar-refractivity contribution in [3.05, 3.63) is 65.5 Å². The number of piperazine rings is 1. The Kier molecular flexibility index (Phi) is 6.63. The van der Waals surface area contributed by atoms with Crippen molar-refractivity contribution in [1.29, 1.82) is 0 Å². The van der Waals surface area contributed by atoms with Gasteiger partial charge in [0.15, 0.2) is 0 Å². The van der Waals surface area contributed by atoms with E-state index in [4.69, 9.17) is 4.52 Å². The molecule has 3 aromatic rings. The van der Waals surface area contributed by atoms with Crippen LogP contribution in [0, 0.1) is 19.8 Å². The van der Waals surface area contributed by atoms with E-state index in [0.29, 0.717) is 24.2 Å². The van der Waals surface area contributed by atoms with Gasteiger partial charge >= 0.3 is 0 Å². The highest BCUT2D eigenvalue weighted by molar-refractivity contribution is 5.79. The number of hydrogen-bond donors (Lipinski definition) is 0. The molecule has 0 bridgehead atoms. The number of benzene rings is 2. The van der Waals surface area contributed by atoms with Gasteiger partial charge in [0.2, 0.25) is 17.6 Å². The largest absolute Gasteiger partial charge is 0.368 e. The van der Waals surface area contributed by atoms with Crippen LogP contribution in [0.3, 0.4) is 0 Å². The Bertz CT molecular complexity index is 1110. The summed E-state index contributed by atoms with van der Waals surface area (Å²) >= 11 is 0. The maximum Gasteiger partial charge on any atom is 0.241 e. The van der Waals surface area contributed by atoms with Gasteiger partial charge in [-0.2, -0.15) is 4.98 Å². The van der Waals surface area contributed by atoms with Crippen LogP contribution in [-0.2, 0) is 11.3 Å². The van der Waals surface area contributed by atoms with Gasteiger partial charge in [0.1, 0.15) is 0 Å². The molecule has 2 aliphatic heterocycles. The second-order valence-corrected chi connectivity index (χ2v) is 9.53. The summed E-state index contributed by atoms with van der Waals surface area (Å²) in [6, 6.07) is 16.5. The number of rotatable bonds is 5. The van der Waals surface area contributed by atoms with Crippen molar-refractivity contribution in [2.24, 2.45) is 5.92 Å². The first-order valence-corrected chi connectivity index (χ1v) is 12.3. The Morgan fingerprint density at radius 1 is 0.971 bits per heavy atom. The van der Waals surface area contributed by atoms with Gasteiger partial charge in [0, 0.05) is 43.3 Å². The summed E-state index contributed by atoms with van der Waals surface area (Å²) in [5.41, 5.74) is 4.84. The molecule has 0 atom stereocenters. The van der Waals surface area contributed by atoms with Gasteiger partial charge in [-0.05, 0) is 57.0 Å². The number of likely N-dealkylation sites (tertiary alicyclic amines) is 1. The molecule has 34 heavy (non-hydrogen) atoms. The third-order valence-corrected chi connectivity index (χ3v) is 7.09. The number of amides is 1. The molecule has 5 rings (SSSR count). The molecule has 0 aliphatic carbocycles. The van der Waals surface area contributed by atoms with Gasteiger partial charge < -0.3 is 14.3 Å². The Morgan fingerprint density at radius 3 is 2.44 bits per heavy atom. The van der Waals surface area contributed by atoms with Crippen molar-refractivity contribution in [1.82, 2.24) is 19.9 Å². The van der Waals surface area contributed by atoms with Gasteiger partial charge in [0.25, 0.3) is 0 Å². The number of anilines is 1. The van der Waals surface area contributed by atoms with Crippen LogP contribution in [0.1, 0.15) is 29.9 Å². The van der Waals surface area contributed by atoms with Crippen LogP contribution in [0.4, 0.5) is 5.69 Å². The molecule has 3 heterocycles. The van der Waals surface area contributed by atoms with E-state index >= 15 is 0 Å². The van der Waals surface area contributed by atoms with E-state index < -0.39 is 0 Å². The van der Waals surface area contributed by atoms with Crippen molar-refractivity contribution < 1.29 is 9.32 Å². The molecule has 0 N–H and O–H groups in total. The number of piperidine rings is 1. The normalized spacial score (nSPS) is 17.8. The molecule has 2 saturated heterocycles. The smallest absolute Gasteiger partial charge is 0.241 e. The quantitative estimate of drug-likeness (QED) is 0.576. The average molecular weight is 460 g/mol. The molecule has 0 spiro atoms. The minimum absolute atomic E-state index is 0.117. The van der Waals surface area contributed by atoms with Crippen LogP contribution in [-0.4, -0.2) is 65.1 Å². The maximum absolute atomic E-state index is 13.2. The predicted octanol–water partition coefficient (Wildman–Crippen LogP) is 3.91. The molecule has 1 aromatic heterocycles. The van der Waals surface area contributed by atoms with E-state index in [1.54, 1.807) is 0 Å². The second kappa shape index (κ2) is 9.97. The number of nitrogens with zero attached hydrogens (tertiary/aromatic N) is 5. The molecule has 2 aliphatic rings. The van der Waals surface area contributed by atoms with Crippen molar-refractivity contribution in [2.45, 2.75) is 33.2 Å².